The maximum absolute atomic E-state index is 13.5. The minimum Gasteiger partial charge on any atom is -0.492 e. The molecule has 2 fully saturated rings. The molecule has 36 heavy (non-hydrogen) atoms. The largest absolute Gasteiger partial charge is 0.492 e. The van der Waals surface area contributed by atoms with Crippen LogP contribution in [0.5, 0.6) is 5.75 Å². The Labute approximate surface area is 206 Å². The molecule has 0 aromatic heterocycles. The van der Waals surface area contributed by atoms with Gasteiger partial charge in [-0.3, -0.25) is 19.3 Å². The average Bonchev–Trinajstić information content (AvgIpc) is 3.48. The number of ether oxygens (including phenoxy) is 2. The number of benzene rings is 2. The van der Waals surface area contributed by atoms with E-state index in [4.69, 9.17) is 9.47 Å². The van der Waals surface area contributed by atoms with Crippen molar-refractivity contribution in [3.8, 4) is 5.75 Å². The van der Waals surface area contributed by atoms with Crippen molar-refractivity contribution >= 4 is 17.7 Å². The summed E-state index contributed by atoms with van der Waals surface area (Å²) in [5.74, 6) is -0.611. The number of halogens is 3. The standard InChI is InChI=1S/C26H27F3N2O5/c27-26(28,29)22-6-2-1-5-21(22)25(34)30(17-20-4-3-14-35-20)16-18-7-9-19(10-8-18)36-15-13-31-23(32)11-12-24(31)33/h1-2,5-10,20H,3-4,11-17H2/t20-/m1/s1. The van der Waals surface area contributed by atoms with Crippen LogP contribution in [0.1, 0.15) is 47.2 Å². The molecule has 0 radical (unpaired) electrons. The number of nitrogens with zero attached hydrogens (tertiary/aromatic N) is 2. The molecule has 2 aromatic rings. The quantitative estimate of drug-likeness (QED) is 0.482. The maximum atomic E-state index is 13.5. The van der Waals surface area contributed by atoms with Gasteiger partial charge in [0.25, 0.3) is 5.91 Å². The summed E-state index contributed by atoms with van der Waals surface area (Å²) < 4.78 is 51.9. The third-order valence-corrected chi connectivity index (χ3v) is 6.23. The number of carbonyl (C=O) groups excluding carboxylic acids is 3. The highest BCUT2D eigenvalue weighted by Gasteiger charge is 2.36. The molecule has 2 aliphatic heterocycles. The van der Waals surface area contributed by atoms with Gasteiger partial charge in [0.2, 0.25) is 11.8 Å². The molecule has 2 aliphatic rings. The number of rotatable bonds is 9. The first kappa shape index (κ1) is 25.7. The van der Waals surface area contributed by atoms with Crippen LogP contribution in [0.2, 0.25) is 0 Å². The van der Waals surface area contributed by atoms with E-state index in [9.17, 15) is 27.6 Å². The topological polar surface area (TPSA) is 76.2 Å². The molecule has 7 nitrogen and oxygen atoms in total. The van der Waals surface area contributed by atoms with Gasteiger partial charge in [-0.05, 0) is 42.7 Å². The first-order valence-electron chi connectivity index (χ1n) is 11.8. The Balaban J connectivity index is 1.44. The maximum Gasteiger partial charge on any atom is 0.417 e. The fraction of sp³-hybridized carbons (Fsp3) is 0.423. The van der Waals surface area contributed by atoms with E-state index >= 15 is 0 Å². The van der Waals surface area contributed by atoms with Crippen LogP contribution in [0, 0.1) is 0 Å². The predicted molar refractivity (Wildman–Crippen MR) is 123 cm³/mol. The molecule has 1 atom stereocenters. The summed E-state index contributed by atoms with van der Waals surface area (Å²) in [6, 6.07) is 11.6. The van der Waals surface area contributed by atoms with Crippen LogP contribution in [0.25, 0.3) is 0 Å². The fourth-order valence-corrected chi connectivity index (χ4v) is 4.38. The van der Waals surface area contributed by atoms with Crippen molar-refractivity contribution in [3.63, 3.8) is 0 Å². The number of carbonyl (C=O) groups is 3. The zero-order chi connectivity index (χ0) is 25.7. The summed E-state index contributed by atoms with van der Waals surface area (Å²) in [6.07, 6.45) is -2.85. The lowest BCUT2D eigenvalue weighted by Gasteiger charge is -2.27. The van der Waals surface area contributed by atoms with Gasteiger partial charge in [0.05, 0.1) is 23.8 Å². The highest BCUT2D eigenvalue weighted by atomic mass is 19.4. The van der Waals surface area contributed by atoms with Crippen molar-refractivity contribution in [2.24, 2.45) is 0 Å². The van der Waals surface area contributed by atoms with Crippen molar-refractivity contribution in [1.29, 1.82) is 0 Å². The van der Waals surface area contributed by atoms with Gasteiger partial charge < -0.3 is 14.4 Å². The molecule has 0 spiro atoms. The molecule has 0 unspecified atom stereocenters. The average molecular weight is 505 g/mol. The van der Waals surface area contributed by atoms with Crippen LogP contribution in [0.4, 0.5) is 13.2 Å². The minimum atomic E-state index is -4.65. The first-order chi connectivity index (χ1) is 17.2. The molecular weight excluding hydrogens is 477 g/mol. The second-order valence-corrected chi connectivity index (χ2v) is 8.80. The number of alkyl halides is 3. The van der Waals surface area contributed by atoms with Crippen molar-refractivity contribution in [1.82, 2.24) is 9.80 Å². The molecule has 0 saturated carbocycles. The van der Waals surface area contributed by atoms with Crippen LogP contribution < -0.4 is 4.74 Å². The van der Waals surface area contributed by atoms with Gasteiger partial charge in [-0.1, -0.05) is 24.3 Å². The van der Waals surface area contributed by atoms with Crippen LogP contribution in [-0.2, 0) is 27.0 Å². The molecule has 0 aliphatic carbocycles. The smallest absolute Gasteiger partial charge is 0.417 e. The van der Waals surface area contributed by atoms with Gasteiger partial charge in [-0.25, -0.2) is 0 Å². The SMILES string of the molecule is O=C(c1ccccc1C(F)(F)F)N(Cc1ccc(OCCN2C(=O)CCC2=O)cc1)C[C@H]1CCCO1. The lowest BCUT2D eigenvalue weighted by atomic mass is 10.0. The Kier molecular flexibility index (Phi) is 7.93. The summed E-state index contributed by atoms with van der Waals surface area (Å²) in [4.78, 5) is 39.2. The van der Waals surface area contributed by atoms with E-state index in [1.165, 1.54) is 28.0 Å². The van der Waals surface area contributed by atoms with Crippen molar-refractivity contribution in [3.05, 3.63) is 65.2 Å². The number of likely N-dealkylation sites (tertiary alicyclic amines) is 1. The Morgan fingerprint density at radius 3 is 2.39 bits per heavy atom. The van der Waals surface area contributed by atoms with Crippen molar-refractivity contribution in [2.45, 2.75) is 44.5 Å². The summed E-state index contributed by atoms with van der Waals surface area (Å²) in [7, 11) is 0. The monoisotopic (exact) mass is 504 g/mol. The van der Waals surface area contributed by atoms with E-state index in [-0.39, 0.29) is 57.0 Å². The lowest BCUT2D eigenvalue weighted by Crippen LogP contribution is -2.37. The molecule has 0 bridgehead atoms. The Bertz CT molecular complexity index is 1080. The van der Waals surface area contributed by atoms with E-state index in [0.717, 1.165) is 18.9 Å². The second-order valence-electron chi connectivity index (χ2n) is 8.80. The van der Waals surface area contributed by atoms with Gasteiger partial charge in [0.15, 0.2) is 0 Å². The van der Waals surface area contributed by atoms with Gasteiger partial charge in [-0.2, -0.15) is 13.2 Å². The van der Waals surface area contributed by atoms with E-state index in [0.29, 0.717) is 17.9 Å². The zero-order valence-corrected chi connectivity index (χ0v) is 19.6. The van der Waals surface area contributed by atoms with Gasteiger partial charge in [0, 0.05) is 32.5 Å². The number of amides is 3. The van der Waals surface area contributed by atoms with Crippen LogP contribution in [0.15, 0.2) is 48.5 Å². The van der Waals surface area contributed by atoms with E-state index in [1.54, 1.807) is 24.3 Å². The molecule has 0 N–H and O–H groups in total. The fourth-order valence-electron chi connectivity index (χ4n) is 4.38. The lowest BCUT2D eigenvalue weighted by molar-refractivity contribution is -0.139. The van der Waals surface area contributed by atoms with Gasteiger partial charge in [-0.15, -0.1) is 0 Å². The Morgan fingerprint density at radius 1 is 1.06 bits per heavy atom. The van der Waals surface area contributed by atoms with Crippen LogP contribution in [-0.4, -0.2) is 59.9 Å². The van der Waals surface area contributed by atoms with Gasteiger partial charge in [0.1, 0.15) is 12.4 Å². The van der Waals surface area contributed by atoms with Crippen molar-refractivity contribution < 1.29 is 37.0 Å². The summed E-state index contributed by atoms with van der Waals surface area (Å²) in [5.41, 5.74) is -0.650. The summed E-state index contributed by atoms with van der Waals surface area (Å²) >= 11 is 0. The van der Waals surface area contributed by atoms with Gasteiger partial charge >= 0.3 is 6.18 Å². The van der Waals surface area contributed by atoms with Crippen LogP contribution >= 0.6 is 0 Å². The molecule has 2 aromatic carbocycles. The molecule has 192 valence electrons. The molecule has 10 heteroatoms. The summed E-state index contributed by atoms with van der Waals surface area (Å²) in [6.45, 7) is 1.16. The molecule has 4 rings (SSSR count). The van der Waals surface area contributed by atoms with Crippen LogP contribution in [0.3, 0.4) is 0 Å². The van der Waals surface area contributed by atoms with E-state index in [2.05, 4.69) is 0 Å². The third-order valence-electron chi connectivity index (χ3n) is 6.23. The second kappa shape index (κ2) is 11.1. The summed E-state index contributed by atoms with van der Waals surface area (Å²) in [5, 5.41) is 0. The van der Waals surface area contributed by atoms with Crippen molar-refractivity contribution in [2.75, 3.05) is 26.3 Å². The molecular formula is C26H27F3N2O5. The molecule has 2 saturated heterocycles. The number of hydrogen-bond donors (Lipinski definition) is 0. The Morgan fingerprint density at radius 2 is 1.75 bits per heavy atom. The molecule has 3 amide bonds. The third kappa shape index (κ3) is 6.23. The minimum absolute atomic E-state index is 0.0992. The number of hydrogen-bond acceptors (Lipinski definition) is 5. The highest BCUT2D eigenvalue weighted by molar-refractivity contribution is 6.01. The van der Waals surface area contributed by atoms with E-state index in [1.807, 2.05) is 0 Å². The van der Waals surface area contributed by atoms with E-state index < -0.39 is 23.2 Å². The normalized spacial score (nSPS) is 18.1. The Hall–Kier alpha value is -3.40. The first-order valence-corrected chi connectivity index (χ1v) is 11.8. The predicted octanol–water partition coefficient (Wildman–Crippen LogP) is 4.05. The highest BCUT2D eigenvalue weighted by Crippen LogP contribution is 2.33. The number of imide groups is 1. The molecule has 2 heterocycles. The zero-order valence-electron chi connectivity index (χ0n) is 19.6.